The quantitative estimate of drug-likeness (QED) is 0.722. The molecule has 0 radical (unpaired) electrons. The van der Waals surface area contributed by atoms with Crippen molar-refractivity contribution >= 4 is 17.5 Å². The summed E-state index contributed by atoms with van der Waals surface area (Å²) in [4.78, 5) is 32.2. The number of anilines is 1. The molecule has 1 N–H and O–H groups in total. The maximum Gasteiger partial charge on any atom is 0.237 e. The van der Waals surface area contributed by atoms with Crippen LogP contribution in [0.25, 0.3) is 0 Å². The molecule has 0 unspecified atom stereocenters. The number of fused-ring (bicyclic) bond motifs is 2. The SMILES string of the molecule is Cn1cc([C@@H]2N(C(=O)CCn3cncn3)CC[C@]23C(=O)Nc2ccccc23)cn1. The Bertz CT molecular complexity index is 1070. The second-order valence-electron chi connectivity index (χ2n) is 7.57. The van der Waals surface area contributed by atoms with E-state index < -0.39 is 11.5 Å². The number of hydrogen-bond acceptors (Lipinski definition) is 5. The lowest BCUT2D eigenvalue weighted by atomic mass is 9.73. The van der Waals surface area contributed by atoms with Gasteiger partial charge in [-0.15, -0.1) is 0 Å². The molecule has 9 nitrogen and oxygen atoms in total. The minimum atomic E-state index is -0.803. The zero-order valence-corrected chi connectivity index (χ0v) is 16.0. The van der Waals surface area contributed by atoms with Crippen LogP contribution in [0, 0.1) is 0 Å². The molecular formula is C20H21N7O2. The average molecular weight is 391 g/mol. The van der Waals surface area contributed by atoms with Crippen LogP contribution in [-0.2, 0) is 28.6 Å². The van der Waals surface area contributed by atoms with Crippen LogP contribution >= 0.6 is 0 Å². The molecule has 2 atom stereocenters. The van der Waals surface area contributed by atoms with E-state index in [4.69, 9.17) is 0 Å². The third kappa shape index (κ3) is 2.65. The molecule has 9 heteroatoms. The third-order valence-corrected chi connectivity index (χ3v) is 5.97. The fourth-order valence-corrected chi connectivity index (χ4v) is 4.70. The smallest absolute Gasteiger partial charge is 0.237 e. The molecule has 0 bridgehead atoms. The normalized spacial score (nSPS) is 22.9. The van der Waals surface area contributed by atoms with E-state index in [1.165, 1.54) is 6.33 Å². The second-order valence-corrected chi connectivity index (χ2v) is 7.57. The molecule has 1 spiro atoms. The Morgan fingerprint density at radius 3 is 2.93 bits per heavy atom. The number of nitrogens with zero attached hydrogens (tertiary/aromatic N) is 6. The van der Waals surface area contributed by atoms with E-state index in [1.54, 1.807) is 21.9 Å². The number of nitrogens with one attached hydrogen (secondary N) is 1. The molecule has 2 aliphatic heterocycles. The van der Waals surface area contributed by atoms with Crippen molar-refractivity contribution < 1.29 is 9.59 Å². The van der Waals surface area contributed by atoms with Crippen LogP contribution in [0.4, 0.5) is 5.69 Å². The predicted octanol–water partition coefficient (Wildman–Crippen LogP) is 1.27. The van der Waals surface area contributed by atoms with E-state index in [0.717, 1.165) is 16.8 Å². The Labute approximate surface area is 167 Å². The Morgan fingerprint density at radius 2 is 2.17 bits per heavy atom. The molecule has 1 fully saturated rings. The van der Waals surface area contributed by atoms with Gasteiger partial charge in [-0.3, -0.25) is 19.0 Å². The van der Waals surface area contributed by atoms with Gasteiger partial charge in [-0.05, 0) is 18.1 Å². The average Bonchev–Trinajstić information content (AvgIpc) is 3.49. The first kappa shape index (κ1) is 17.6. The summed E-state index contributed by atoms with van der Waals surface area (Å²) in [5, 5.41) is 11.4. The summed E-state index contributed by atoms with van der Waals surface area (Å²) in [5.74, 6) is -0.0671. The summed E-state index contributed by atoms with van der Waals surface area (Å²) in [6.07, 6.45) is 7.56. The van der Waals surface area contributed by atoms with Crippen molar-refractivity contribution in [3.05, 3.63) is 60.4 Å². The molecule has 3 aromatic rings. The number of hydrogen-bond donors (Lipinski definition) is 1. The Kier molecular flexibility index (Phi) is 3.97. The lowest BCUT2D eigenvalue weighted by Gasteiger charge is -2.33. The number of benzene rings is 1. The zero-order valence-electron chi connectivity index (χ0n) is 16.0. The zero-order chi connectivity index (χ0) is 20.0. The number of carbonyl (C=O) groups excluding carboxylic acids is 2. The standard InChI is InChI=1S/C20H21N7O2/c1-25-11-14(10-22-25)18-20(15-4-2-3-5-16(15)24-19(20)29)7-9-27(18)17(28)6-8-26-13-21-12-23-26/h2-5,10-13,18H,6-9H2,1H3,(H,24,29)/t18-,20+/m0/s1. The van der Waals surface area contributed by atoms with Crippen LogP contribution in [0.1, 0.15) is 30.0 Å². The third-order valence-electron chi connectivity index (χ3n) is 5.97. The van der Waals surface area contributed by atoms with E-state index in [2.05, 4.69) is 20.5 Å². The Hall–Kier alpha value is -3.49. The van der Waals surface area contributed by atoms with Gasteiger partial charge in [0, 0.05) is 37.5 Å². The molecule has 1 aromatic carbocycles. The fourth-order valence-electron chi connectivity index (χ4n) is 4.70. The molecule has 4 heterocycles. The first-order valence-corrected chi connectivity index (χ1v) is 9.61. The van der Waals surface area contributed by atoms with Crippen molar-refractivity contribution in [3.63, 3.8) is 0 Å². The lowest BCUT2D eigenvalue weighted by Crippen LogP contribution is -2.42. The minimum absolute atomic E-state index is 0.0107. The van der Waals surface area contributed by atoms with Gasteiger partial charge in [0.2, 0.25) is 11.8 Å². The van der Waals surface area contributed by atoms with Crippen LogP contribution < -0.4 is 5.32 Å². The van der Waals surface area contributed by atoms with Crippen LogP contribution in [0.15, 0.2) is 49.3 Å². The molecular weight excluding hydrogens is 370 g/mol. The van der Waals surface area contributed by atoms with E-state index in [9.17, 15) is 9.59 Å². The molecule has 148 valence electrons. The highest BCUT2D eigenvalue weighted by Gasteiger charge is 2.59. The summed E-state index contributed by atoms with van der Waals surface area (Å²) in [6.45, 7) is 0.961. The van der Waals surface area contributed by atoms with Gasteiger partial charge in [0.1, 0.15) is 18.1 Å². The highest BCUT2D eigenvalue weighted by Crippen LogP contribution is 2.54. The molecule has 2 aliphatic rings. The first-order chi connectivity index (χ1) is 14.1. The number of amides is 2. The predicted molar refractivity (Wildman–Crippen MR) is 104 cm³/mol. The summed E-state index contributed by atoms with van der Waals surface area (Å²) < 4.78 is 3.35. The molecule has 2 amide bonds. The number of aryl methyl sites for hydroxylation is 2. The van der Waals surface area contributed by atoms with Crippen LogP contribution in [0.2, 0.25) is 0 Å². The van der Waals surface area contributed by atoms with Crippen molar-refractivity contribution in [3.8, 4) is 0 Å². The van der Waals surface area contributed by atoms with Gasteiger partial charge in [0.25, 0.3) is 0 Å². The van der Waals surface area contributed by atoms with Crippen LogP contribution in [0.3, 0.4) is 0 Å². The molecule has 5 rings (SSSR count). The fraction of sp³-hybridized carbons (Fsp3) is 0.350. The van der Waals surface area contributed by atoms with Crippen LogP contribution in [-0.4, -0.2) is 47.8 Å². The van der Waals surface area contributed by atoms with E-state index in [0.29, 0.717) is 25.9 Å². The summed E-state index contributed by atoms with van der Waals surface area (Å²) in [6, 6.07) is 7.35. The van der Waals surface area contributed by atoms with E-state index >= 15 is 0 Å². The van der Waals surface area contributed by atoms with Crippen molar-refractivity contribution in [1.82, 2.24) is 29.4 Å². The summed E-state index contributed by atoms with van der Waals surface area (Å²) in [5.41, 5.74) is 1.84. The molecule has 0 saturated carbocycles. The number of aromatic nitrogens is 5. The highest BCUT2D eigenvalue weighted by molar-refractivity contribution is 6.07. The number of carbonyl (C=O) groups is 2. The number of para-hydroxylation sites is 1. The monoisotopic (exact) mass is 391 g/mol. The Morgan fingerprint density at radius 1 is 1.31 bits per heavy atom. The molecule has 2 aromatic heterocycles. The van der Waals surface area contributed by atoms with E-state index in [1.807, 2.05) is 42.4 Å². The van der Waals surface area contributed by atoms with E-state index in [-0.39, 0.29) is 11.8 Å². The Balaban J connectivity index is 1.53. The van der Waals surface area contributed by atoms with Crippen molar-refractivity contribution in [2.75, 3.05) is 11.9 Å². The first-order valence-electron chi connectivity index (χ1n) is 9.61. The van der Waals surface area contributed by atoms with Crippen LogP contribution in [0.5, 0.6) is 0 Å². The molecule has 29 heavy (non-hydrogen) atoms. The topological polar surface area (TPSA) is 97.9 Å². The maximum absolute atomic E-state index is 13.3. The highest BCUT2D eigenvalue weighted by atomic mass is 16.2. The minimum Gasteiger partial charge on any atom is -0.334 e. The van der Waals surface area contributed by atoms with Gasteiger partial charge in [-0.1, -0.05) is 18.2 Å². The van der Waals surface area contributed by atoms with Gasteiger partial charge in [0.15, 0.2) is 0 Å². The number of likely N-dealkylation sites (tertiary alicyclic amines) is 1. The second kappa shape index (κ2) is 6.54. The maximum atomic E-state index is 13.3. The van der Waals surface area contributed by atoms with Crippen molar-refractivity contribution in [2.45, 2.75) is 30.8 Å². The van der Waals surface area contributed by atoms with Gasteiger partial charge in [0.05, 0.1) is 18.8 Å². The lowest BCUT2D eigenvalue weighted by molar-refractivity contribution is -0.133. The largest absolute Gasteiger partial charge is 0.334 e. The molecule has 1 saturated heterocycles. The van der Waals surface area contributed by atoms with Gasteiger partial charge in [-0.2, -0.15) is 10.2 Å². The van der Waals surface area contributed by atoms with Crippen molar-refractivity contribution in [1.29, 1.82) is 0 Å². The summed E-state index contributed by atoms with van der Waals surface area (Å²) >= 11 is 0. The van der Waals surface area contributed by atoms with Gasteiger partial charge >= 0.3 is 0 Å². The summed E-state index contributed by atoms with van der Waals surface area (Å²) in [7, 11) is 1.84. The van der Waals surface area contributed by atoms with Gasteiger partial charge < -0.3 is 10.2 Å². The number of rotatable bonds is 4. The van der Waals surface area contributed by atoms with Crippen molar-refractivity contribution in [2.24, 2.45) is 7.05 Å². The van der Waals surface area contributed by atoms with Gasteiger partial charge in [-0.25, -0.2) is 4.98 Å². The molecule has 0 aliphatic carbocycles.